The fourth-order valence-corrected chi connectivity index (χ4v) is 4.51. The van der Waals surface area contributed by atoms with Crippen molar-refractivity contribution >= 4 is 33.1 Å². The second kappa shape index (κ2) is 8.20. The van der Waals surface area contributed by atoms with Gasteiger partial charge in [0.1, 0.15) is 5.76 Å². The average molecular weight is 408 g/mol. The Labute approximate surface area is 164 Å². The molecule has 1 fully saturated rings. The number of nitrogens with one attached hydrogen (secondary N) is 1. The summed E-state index contributed by atoms with van der Waals surface area (Å²) in [6.07, 6.45) is 1.60. The van der Waals surface area contributed by atoms with E-state index in [1.807, 2.05) is 17.0 Å². The van der Waals surface area contributed by atoms with E-state index in [9.17, 15) is 13.2 Å². The first kappa shape index (κ1) is 19.5. The molecule has 1 aliphatic heterocycles. The average Bonchev–Trinajstić information content (AvgIpc) is 3.20. The minimum Gasteiger partial charge on any atom is -0.467 e. The van der Waals surface area contributed by atoms with Gasteiger partial charge in [0.25, 0.3) is 0 Å². The quantitative estimate of drug-likeness (QED) is 0.598. The Bertz CT molecular complexity index is 901. The van der Waals surface area contributed by atoms with Crippen molar-refractivity contribution in [3.8, 4) is 0 Å². The van der Waals surface area contributed by atoms with Crippen LogP contribution in [0.2, 0.25) is 0 Å². The summed E-state index contributed by atoms with van der Waals surface area (Å²) in [5, 5.41) is 3.70. The van der Waals surface area contributed by atoms with Crippen LogP contribution in [-0.4, -0.2) is 54.7 Å². The molecule has 0 bridgehead atoms. The highest BCUT2D eigenvalue weighted by molar-refractivity contribution is 7.89. The summed E-state index contributed by atoms with van der Waals surface area (Å²) >= 11 is 5.38. The lowest BCUT2D eigenvalue weighted by atomic mass is 10.2. The monoisotopic (exact) mass is 407 g/mol. The third kappa shape index (κ3) is 4.55. The van der Waals surface area contributed by atoms with E-state index in [1.54, 1.807) is 18.4 Å². The molecule has 0 saturated carbocycles. The third-order valence-corrected chi connectivity index (χ3v) is 6.73. The van der Waals surface area contributed by atoms with Crippen molar-refractivity contribution < 1.29 is 17.6 Å². The predicted molar refractivity (Wildman–Crippen MR) is 105 cm³/mol. The van der Waals surface area contributed by atoms with E-state index >= 15 is 0 Å². The summed E-state index contributed by atoms with van der Waals surface area (Å²) in [6, 6.07) is 9.71. The van der Waals surface area contributed by atoms with Crippen LogP contribution in [0, 0.1) is 0 Å². The van der Waals surface area contributed by atoms with Gasteiger partial charge in [0.2, 0.25) is 10.0 Å². The minimum atomic E-state index is -3.58. The van der Waals surface area contributed by atoms with Crippen molar-refractivity contribution in [1.29, 1.82) is 0 Å². The van der Waals surface area contributed by atoms with Crippen LogP contribution in [0.3, 0.4) is 0 Å². The van der Waals surface area contributed by atoms with Crippen molar-refractivity contribution in [2.45, 2.75) is 18.4 Å². The lowest BCUT2D eigenvalue weighted by Crippen LogP contribution is -2.52. The van der Waals surface area contributed by atoms with Crippen molar-refractivity contribution in [3.05, 3.63) is 54.0 Å². The van der Waals surface area contributed by atoms with Gasteiger partial charge in [-0.3, -0.25) is 4.79 Å². The Morgan fingerprint density at radius 1 is 1.15 bits per heavy atom. The van der Waals surface area contributed by atoms with Gasteiger partial charge >= 0.3 is 0 Å². The molecular weight excluding hydrogens is 386 g/mol. The molecule has 27 heavy (non-hydrogen) atoms. The van der Waals surface area contributed by atoms with E-state index in [0.29, 0.717) is 43.4 Å². The molecule has 0 aliphatic carbocycles. The number of Topliss-reactive ketones (excluding diaryl/α,β-unsaturated/α-hetero) is 1. The van der Waals surface area contributed by atoms with E-state index < -0.39 is 10.0 Å². The van der Waals surface area contributed by atoms with Crippen molar-refractivity contribution in [3.63, 3.8) is 0 Å². The molecule has 144 valence electrons. The van der Waals surface area contributed by atoms with E-state index in [4.69, 9.17) is 16.6 Å². The number of sulfonamides is 1. The first-order chi connectivity index (χ1) is 12.9. The Morgan fingerprint density at radius 2 is 1.81 bits per heavy atom. The number of ketones is 1. The molecule has 1 aliphatic rings. The zero-order valence-corrected chi connectivity index (χ0v) is 16.6. The van der Waals surface area contributed by atoms with E-state index in [-0.39, 0.29) is 10.7 Å². The normalized spacial score (nSPS) is 15.5. The molecule has 0 atom stereocenters. The molecule has 1 N–H and O–H groups in total. The summed E-state index contributed by atoms with van der Waals surface area (Å²) in [4.78, 5) is 13.5. The molecular formula is C18H21N3O4S2. The first-order valence-corrected chi connectivity index (χ1v) is 10.4. The molecule has 7 nitrogen and oxygen atoms in total. The number of rotatable bonds is 5. The van der Waals surface area contributed by atoms with E-state index in [0.717, 1.165) is 5.76 Å². The summed E-state index contributed by atoms with van der Waals surface area (Å²) in [6.45, 7) is 3.65. The second-order valence-corrected chi connectivity index (χ2v) is 8.53. The Hall–Kier alpha value is -2.23. The van der Waals surface area contributed by atoms with E-state index in [2.05, 4.69) is 5.32 Å². The highest BCUT2D eigenvalue weighted by Crippen LogP contribution is 2.18. The Balaban J connectivity index is 1.57. The maximum absolute atomic E-state index is 12.8. The van der Waals surface area contributed by atoms with Gasteiger partial charge in [0.05, 0.1) is 17.7 Å². The number of nitrogens with zero attached hydrogens (tertiary/aromatic N) is 2. The molecule has 9 heteroatoms. The van der Waals surface area contributed by atoms with Crippen molar-refractivity contribution in [2.75, 3.05) is 26.2 Å². The van der Waals surface area contributed by atoms with Crippen LogP contribution >= 0.6 is 12.2 Å². The van der Waals surface area contributed by atoms with Gasteiger partial charge in [0.15, 0.2) is 10.9 Å². The van der Waals surface area contributed by atoms with Gasteiger partial charge in [-0.25, -0.2) is 8.42 Å². The highest BCUT2D eigenvalue weighted by Gasteiger charge is 2.29. The van der Waals surface area contributed by atoms with Gasteiger partial charge in [-0.2, -0.15) is 4.31 Å². The third-order valence-electron chi connectivity index (χ3n) is 4.42. The van der Waals surface area contributed by atoms with Crippen LogP contribution < -0.4 is 5.32 Å². The minimum absolute atomic E-state index is 0.0943. The van der Waals surface area contributed by atoms with Crippen molar-refractivity contribution in [2.24, 2.45) is 0 Å². The molecule has 1 saturated heterocycles. The van der Waals surface area contributed by atoms with Crippen LogP contribution in [0.4, 0.5) is 0 Å². The number of carbonyl (C=O) groups excluding carboxylic acids is 1. The maximum Gasteiger partial charge on any atom is 0.243 e. The van der Waals surface area contributed by atoms with Crippen LogP contribution in [0.1, 0.15) is 23.0 Å². The van der Waals surface area contributed by atoms with E-state index in [1.165, 1.54) is 23.4 Å². The summed E-state index contributed by atoms with van der Waals surface area (Å²) in [5.41, 5.74) is 0.492. The lowest BCUT2D eigenvalue weighted by molar-refractivity contribution is 0.101. The summed E-state index contributed by atoms with van der Waals surface area (Å²) in [7, 11) is -3.58. The largest absolute Gasteiger partial charge is 0.467 e. The first-order valence-electron chi connectivity index (χ1n) is 8.54. The SMILES string of the molecule is CC(=O)c1ccc(S(=O)(=O)N2CCN(C(=S)NCc3ccco3)CC2)cc1. The summed E-state index contributed by atoms with van der Waals surface area (Å²) in [5.74, 6) is 0.690. The van der Waals surface area contributed by atoms with Gasteiger partial charge < -0.3 is 14.6 Å². The molecule has 2 aromatic rings. The van der Waals surface area contributed by atoms with Crippen LogP contribution in [0.15, 0.2) is 52.0 Å². The van der Waals surface area contributed by atoms with Gasteiger partial charge in [0, 0.05) is 31.7 Å². The van der Waals surface area contributed by atoms with Crippen molar-refractivity contribution in [1.82, 2.24) is 14.5 Å². The molecule has 3 rings (SSSR count). The lowest BCUT2D eigenvalue weighted by Gasteiger charge is -2.35. The molecule has 0 radical (unpaired) electrons. The standard InChI is InChI=1S/C18H21N3O4S2/c1-14(22)15-4-6-17(7-5-15)27(23,24)21-10-8-20(9-11-21)18(26)19-13-16-3-2-12-25-16/h2-7,12H,8-11,13H2,1H3,(H,19,26). The zero-order chi connectivity index (χ0) is 19.4. The molecule has 1 aromatic carbocycles. The summed E-state index contributed by atoms with van der Waals surface area (Å²) < 4.78 is 32.3. The molecule has 0 spiro atoms. The van der Waals surface area contributed by atoms with Crippen LogP contribution in [-0.2, 0) is 16.6 Å². The fourth-order valence-electron chi connectivity index (χ4n) is 2.83. The van der Waals surface area contributed by atoms with Gasteiger partial charge in [-0.1, -0.05) is 12.1 Å². The smallest absolute Gasteiger partial charge is 0.243 e. The molecule has 1 aromatic heterocycles. The Morgan fingerprint density at radius 3 is 2.37 bits per heavy atom. The number of hydrogen-bond acceptors (Lipinski definition) is 5. The number of hydrogen-bond donors (Lipinski definition) is 1. The number of furan rings is 1. The highest BCUT2D eigenvalue weighted by atomic mass is 32.2. The zero-order valence-electron chi connectivity index (χ0n) is 14.9. The molecule has 2 heterocycles. The van der Waals surface area contributed by atoms with Crippen LogP contribution in [0.25, 0.3) is 0 Å². The Kier molecular flexibility index (Phi) is 5.93. The number of benzene rings is 1. The number of carbonyl (C=O) groups is 1. The van der Waals surface area contributed by atoms with Gasteiger partial charge in [-0.05, 0) is 43.4 Å². The maximum atomic E-state index is 12.8. The fraction of sp³-hybridized carbons (Fsp3) is 0.333. The van der Waals surface area contributed by atoms with Gasteiger partial charge in [-0.15, -0.1) is 0 Å². The number of piperazine rings is 1. The molecule has 0 unspecified atom stereocenters. The topological polar surface area (TPSA) is 82.9 Å². The predicted octanol–water partition coefficient (Wildman–Crippen LogP) is 1.86. The van der Waals surface area contributed by atoms with Crippen LogP contribution in [0.5, 0.6) is 0 Å². The molecule has 0 amide bonds. The second-order valence-electron chi connectivity index (χ2n) is 6.21. The number of thiocarbonyl (C=S) groups is 1.